The van der Waals surface area contributed by atoms with Gasteiger partial charge in [0.15, 0.2) is 12.2 Å². The molecule has 0 saturated heterocycles. The Bertz CT molecular complexity index is 2000. The van der Waals surface area contributed by atoms with Crippen molar-refractivity contribution in [3.63, 3.8) is 0 Å². The topological polar surface area (TPSA) is 237 Å². The maximum atomic E-state index is 13.1. The molecular formula is C85H166O17P2. The lowest BCUT2D eigenvalue weighted by Gasteiger charge is -2.21. The van der Waals surface area contributed by atoms with Gasteiger partial charge in [0.05, 0.1) is 26.4 Å². The summed E-state index contributed by atoms with van der Waals surface area (Å²) in [6.07, 6.45) is 67.8. The van der Waals surface area contributed by atoms with E-state index in [2.05, 4.69) is 41.5 Å². The van der Waals surface area contributed by atoms with Gasteiger partial charge in [-0.15, -0.1) is 0 Å². The molecule has 0 aliphatic rings. The van der Waals surface area contributed by atoms with Gasteiger partial charge in [0, 0.05) is 25.7 Å². The van der Waals surface area contributed by atoms with Gasteiger partial charge in [0.2, 0.25) is 0 Å². The zero-order valence-corrected chi connectivity index (χ0v) is 70.1. The van der Waals surface area contributed by atoms with Crippen molar-refractivity contribution in [2.75, 3.05) is 39.6 Å². The van der Waals surface area contributed by atoms with Crippen LogP contribution in [0, 0.1) is 11.8 Å². The summed E-state index contributed by atoms with van der Waals surface area (Å²) in [5, 5.41) is 10.7. The molecule has 0 aromatic heterocycles. The number of esters is 4. The van der Waals surface area contributed by atoms with Crippen molar-refractivity contribution >= 4 is 39.5 Å². The Morgan fingerprint density at radius 2 is 0.490 bits per heavy atom. The molecule has 0 saturated carbocycles. The van der Waals surface area contributed by atoms with Crippen LogP contribution >= 0.6 is 15.6 Å². The largest absolute Gasteiger partial charge is 0.472 e. The van der Waals surface area contributed by atoms with Gasteiger partial charge >= 0.3 is 39.5 Å². The average Bonchev–Trinajstić information content (AvgIpc) is 0.906. The lowest BCUT2D eigenvalue weighted by atomic mass is 9.99. The van der Waals surface area contributed by atoms with Crippen LogP contribution in [-0.2, 0) is 65.4 Å². The smallest absolute Gasteiger partial charge is 0.462 e. The number of carbonyl (C=O) groups is 4. The monoisotopic (exact) mass is 1520 g/mol. The van der Waals surface area contributed by atoms with Gasteiger partial charge in [-0.3, -0.25) is 37.3 Å². The number of ether oxygens (including phenoxy) is 4. The maximum absolute atomic E-state index is 13.1. The molecule has 0 fully saturated rings. The molecule has 0 amide bonds. The molecule has 0 aliphatic heterocycles. The first-order valence-electron chi connectivity index (χ1n) is 44.0. The lowest BCUT2D eigenvalue weighted by Crippen LogP contribution is -2.30. The van der Waals surface area contributed by atoms with Crippen molar-refractivity contribution in [1.82, 2.24) is 0 Å². The minimum atomic E-state index is -4.97. The van der Waals surface area contributed by atoms with E-state index in [9.17, 15) is 43.2 Å². The van der Waals surface area contributed by atoms with Crippen LogP contribution in [0.2, 0.25) is 0 Å². The minimum absolute atomic E-state index is 0.109. The van der Waals surface area contributed by atoms with Crippen molar-refractivity contribution in [3.8, 4) is 0 Å². The highest BCUT2D eigenvalue weighted by Crippen LogP contribution is 2.45. The van der Waals surface area contributed by atoms with Crippen LogP contribution in [0.5, 0.6) is 0 Å². The Labute approximate surface area is 638 Å². The second kappa shape index (κ2) is 76.4. The molecule has 0 radical (unpaired) electrons. The summed E-state index contributed by atoms with van der Waals surface area (Å²) in [5.41, 5.74) is 0. The molecule has 0 bridgehead atoms. The highest BCUT2D eigenvalue weighted by Gasteiger charge is 2.30. The quantitative estimate of drug-likeness (QED) is 0.0222. The number of unbranched alkanes of at least 4 members (excludes halogenated alkanes) is 53. The van der Waals surface area contributed by atoms with Crippen molar-refractivity contribution in [2.24, 2.45) is 11.8 Å². The van der Waals surface area contributed by atoms with Gasteiger partial charge in [-0.1, -0.05) is 401 Å². The van der Waals surface area contributed by atoms with Crippen LogP contribution in [0.1, 0.15) is 452 Å². The lowest BCUT2D eigenvalue weighted by molar-refractivity contribution is -0.161. The molecule has 618 valence electrons. The SMILES string of the molecule is CCCCCCCCCCCCCCCCCCC(=O)O[C@H](COC(=O)CCCCCCCCCCCCC)COP(=O)(O)OC[C@H](O)COP(=O)(O)OC[C@@H](COC(=O)CCCCCCCCCCCCCCCCC(C)CC)OC(=O)CCCCCCCCCCCCCCCCCCC(C)C. The third kappa shape index (κ3) is 76.8. The summed E-state index contributed by atoms with van der Waals surface area (Å²) in [7, 11) is -9.93. The van der Waals surface area contributed by atoms with E-state index in [0.29, 0.717) is 25.7 Å². The van der Waals surface area contributed by atoms with Crippen LogP contribution < -0.4 is 0 Å². The van der Waals surface area contributed by atoms with Crippen LogP contribution in [-0.4, -0.2) is 96.7 Å². The van der Waals surface area contributed by atoms with Gasteiger partial charge in [0.1, 0.15) is 19.3 Å². The van der Waals surface area contributed by atoms with Crippen LogP contribution in [0.15, 0.2) is 0 Å². The molecule has 6 atom stereocenters. The Balaban J connectivity index is 5.25. The Hall–Kier alpha value is -1.94. The molecule has 3 N–H and O–H groups in total. The predicted molar refractivity (Wildman–Crippen MR) is 428 cm³/mol. The van der Waals surface area contributed by atoms with Gasteiger partial charge in [-0.05, 0) is 37.5 Å². The molecule has 104 heavy (non-hydrogen) atoms. The molecule has 17 nitrogen and oxygen atoms in total. The highest BCUT2D eigenvalue weighted by atomic mass is 31.2. The first-order valence-corrected chi connectivity index (χ1v) is 47.0. The first kappa shape index (κ1) is 102. The van der Waals surface area contributed by atoms with Crippen molar-refractivity contribution in [3.05, 3.63) is 0 Å². The number of carbonyl (C=O) groups excluding carboxylic acids is 4. The number of hydrogen-bond donors (Lipinski definition) is 3. The summed E-state index contributed by atoms with van der Waals surface area (Å²) in [6, 6.07) is 0. The van der Waals surface area contributed by atoms with E-state index >= 15 is 0 Å². The normalized spacial score (nSPS) is 14.1. The molecule has 0 aromatic rings. The average molecular weight is 1520 g/mol. The molecule has 0 aliphatic carbocycles. The summed E-state index contributed by atoms with van der Waals surface area (Å²) in [4.78, 5) is 73.2. The second-order valence-corrected chi connectivity index (χ2v) is 34.2. The van der Waals surface area contributed by atoms with Gasteiger partial charge in [0.25, 0.3) is 0 Å². The van der Waals surface area contributed by atoms with Crippen LogP contribution in [0.4, 0.5) is 0 Å². The zero-order chi connectivity index (χ0) is 76.4. The number of aliphatic hydroxyl groups excluding tert-OH is 1. The van der Waals surface area contributed by atoms with E-state index in [1.54, 1.807) is 0 Å². The van der Waals surface area contributed by atoms with E-state index in [1.165, 1.54) is 270 Å². The highest BCUT2D eigenvalue weighted by molar-refractivity contribution is 7.47. The number of phosphoric ester groups is 2. The number of rotatable bonds is 84. The minimum Gasteiger partial charge on any atom is -0.462 e. The Morgan fingerprint density at radius 3 is 0.731 bits per heavy atom. The molecule has 0 rings (SSSR count). The van der Waals surface area contributed by atoms with Crippen LogP contribution in [0.25, 0.3) is 0 Å². The van der Waals surface area contributed by atoms with E-state index in [4.69, 9.17) is 37.0 Å². The molecular weight excluding hydrogens is 1350 g/mol. The van der Waals surface area contributed by atoms with E-state index in [1.807, 2.05) is 0 Å². The molecule has 0 spiro atoms. The summed E-state index contributed by atoms with van der Waals surface area (Å²) < 4.78 is 68.9. The third-order valence-corrected chi connectivity index (χ3v) is 22.2. The fraction of sp³-hybridized carbons (Fsp3) is 0.953. The fourth-order valence-electron chi connectivity index (χ4n) is 13.2. The van der Waals surface area contributed by atoms with E-state index in [0.717, 1.165) is 102 Å². The molecule has 19 heteroatoms. The number of hydrogen-bond acceptors (Lipinski definition) is 15. The van der Waals surface area contributed by atoms with Crippen molar-refractivity contribution in [2.45, 2.75) is 471 Å². The Kier molecular flexibility index (Phi) is 75.0. The van der Waals surface area contributed by atoms with E-state index < -0.39 is 97.5 Å². The zero-order valence-electron chi connectivity index (χ0n) is 68.3. The summed E-state index contributed by atoms with van der Waals surface area (Å²) in [6.45, 7) is 9.75. The van der Waals surface area contributed by atoms with Crippen molar-refractivity contribution < 1.29 is 80.2 Å². The third-order valence-electron chi connectivity index (χ3n) is 20.3. The van der Waals surface area contributed by atoms with Crippen molar-refractivity contribution in [1.29, 1.82) is 0 Å². The van der Waals surface area contributed by atoms with Crippen LogP contribution in [0.3, 0.4) is 0 Å². The number of aliphatic hydroxyl groups is 1. The standard InChI is InChI=1S/C85H166O17P2/c1-7-10-12-14-16-18-20-21-22-26-33-39-45-51-57-63-69-84(89)101-80(73-95-82(87)67-61-55-49-43-35-19-17-15-13-11-8-2)75-99-103(91,92)97-71-79(86)72-98-104(93,94)100-76-81(74-96-83(88)68-62-56-50-44-38-32-29-28-31-37-42-48-54-60-66-78(6)9-3)102-85(90)70-64-58-52-46-40-34-27-24-23-25-30-36-41-47-53-59-65-77(4)5/h77-81,86H,7-76H2,1-6H3,(H,91,92)(H,93,94)/t78?,79-,80+,81+/m0/s1. The number of phosphoric acid groups is 2. The summed E-state index contributed by atoms with van der Waals surface area (Å²) in [5.74, 6) is -0.442. The first-order chi connectivity index (χ1) is 50.4. The van der Waals surface area contributed by atoms with Gasteiger partial charge in [-0.2, -0.15) is 0 Å². The maximum Gasteiger partial charge on any atom is 0.472 e. The van der Waals surface area contributed by atoms with Gasteiger partial charge in [-0.25, -0.2) is 9.13 Å². The molecule has 0 heterocycles. The molecule has 3 unspecified atom stereocenters. The molecule has 0 aromatic carbocycles. The summed E-state index contributed by atoms with van der Waals surface area (Å²) >= 11 is 0. The van der Waals surface area contributed by atoms with E-state index in [-0.39, 0.29) is 25.7 Å². The predicted octanol–water partition coefficient (Wildman–Crippen LogP) is 25.8. The fourth-order valence-corrected chi connectivity index (χ4v) is 14.8. The van der Waals surface area contributed by atoms with Gasteiger partial charge < -0.3 is 33.8 Å². The Morgan fingerprint density at radius 1 is 0.279 bits per heavy atom. The second-order valence-electron chi connectivity index (χ2n) is 31.3.